The molecule has 11 heteroatoms. The molecule has 0 aliphatic carbocycles. The normalized spacial score (nSPS) is 20.0. The Kier molecular flexibility index (Phi) is 7.11. The predicted molar refractivity (Wildman–Crippen MR) is 143 cm³/mol. The SMILES string of the molecule is CC1=Cc2cnc(NC3CCN(S(C)(=O)=O)CC3)nc2CN1C(=O)[N+]1=C(c2ccccc2)CN(C)CC1. The zero-order chi connectivity index (χ0) is 26.2. The maximum Gasteiger partial charge on any atom is 0.498 e. The lowest BCUT2D eigenvalue weighted by Crippen LogP contribution is -2.49. The molecule has 0 bridgehead atoms. The Morgan fingerprint density at radius 2 is 1.84 bits per heavy atom. The summed E-state index contributed by atoms with van der Waals surface area (Å²) in [4.78, 5) is 27.1. The van der Waals surface area contributed by atoms with Crippen molar-refractivity contribution >= 4 is 33.8 Å². The van der Waals surface area contributed by atoms with Crippen molar-refractivity contribution < 1.29 is 17.8 Å². The van der Waals surface area contributed by atoms with Gasteiger partial charge in [-0.05, 0) is 32.9 Å². The van der Waals surface area contributed by atoms with Crippen LogP contribution in [0, 0.1) is 0 Å². The lowest BCUT2D eigenvalue weighted by molar-refractivity contribution is -0.443. The highest BCUT2D eigenvalue weighted by Gasteiger charge is 2.36. The van der Waals surface area contributed by atoms with Crippen LogP contribution in [0.5, 0.6) is 0 Å². The molecule has 1 N–H and O–H groups in total. The predicted octanol–water partition coefficient (Wildman–Crippen LogP) is 2.06. The van der Waals surface area contributed by atoms with Gasteiger partial charge in [0, 0.05) is 43.0 Å². The number of benzene rings is 1. The van der Waals surface area contributed by atoms with Crippen LogP contribution in [-0.4, -0.2) is 101 Å². The average Bonchev–Trinajstić information content (AvgIpc) is 2.88. The summed E-state index contributed by atoms with van der Waals surface area (Å²) in [5, 5.41) is 3.37. The quantitative estimate of drug-likeness (QED) is 0.611. The molecule has 4 heterocycles. The van der Waals surface area contributed by atoms with Gasteiger partial charge in [-0.25, -0.2) is 22.7 Å². The van der Waals surface area contributed by atoms with Crippen molar-refractivity contribution in [3.63, 3.8) is 0 Å². The van der Waals surface area contributed by atoms with Crippen LogP contribution in [0.25, 0.3) is 6.08 Å². The number of nitrogens with one attached hydrogen (secondary N) is 1. The Morgan fingerprint density at radius 1 is 1.11 bits per heavy atom. The van der Waals surface area contributed by atoms with E-state index >= 15 is 0 Å². The first-order valence-corrected chi connectivity index (χ1v) is 14.5. The number of sulfonamides is 1. The Morgan fingerprint density at radius 3 is 2.54 bits per heavy atom. The molecule has 196 valence electrons. The number of carbonyl (C=O) groups excluding carboxylic acids is 1. The van der Waals surface area contributed by atoms with Crippen molar-refractivity contribution in [3.05, 3.63) is 59.0 Å². The molecule has 0 spiro atoms. The second-order valence-corrected chi connectivity index (χ2v) is 12.0. The van der Waals surface area contributed by atoms with Crippen molar-refractivity contribution in [2.75, 3.05) is 51.3 Å². The summed E-state index contributed by atoms with van der Waals surface area (Å²) in [6.45, 7) is 5.42. The number of hydrogen-bond donors (Lipinski definition) is 1. The second-order valence-electron chi connectivity index (χ2n) is 10.0. The summed E-state index contributed by atoms with van der Waals surface area (Å²) in [5.41, 5.74) is 4.62. The van der Waals surface area contributed by atoms with Gasteiger partial charge in [0.2, 0.25) is 16.0 Å². The van der Waals surface area contributed by atoms with Crippen LogP contribution >= 0.6 is 0 Å². The van der Waals surface area contributed by atoms with E-state index in [2.05, 4.69) is 34.4 Å². The number of fused-ring (bicyclic) bond motifs is 1. The largest absolute Gasteiger partial charge is 0.498 e. The number of urea groups is 1. The molecule has 1 aromatic carbocycles. The van der Waals surface area contributed by atoms with Crippen LogP contribution in [0.3, 0.4) is 0 Å². The van der Waals surface area contributed by atoms with Crippen LogP contribution in [0.4, 0.5) is 10.7 Å². The molecule has 2 aromatic rings. The van der Waals surface area contributed by atoms with Gasteiger partial charge in [0.15, 0.2) is 0 Å². The summed E-state index contributed by atoms with van der Waals surface area (Å²) in [6, 6.07) is 10.1. The first-order chi connectivity index (χ1) is 17.7. The van der Waals surface area contributed by atoms with E-state index in [0.29, 0.717) is 51.5 Å². The fourth-order valence-electron chi connectivity index (χ4n) is 5.11. The highest BCUT2D eigenvalue weighted by Crippen LogP contribution is 2.25. The minimum absolute atomic E-state index is 0.0485. The molecular weight excluding hydrogens is 490 g/mol. The average molecular weight is 525 g/mol. The lowest BCUT2D eigenvalue weighted by atomic mass is 10.1. The third-order valence-electron chi connectivity index (χ3n) is 7.27. The molecule has 3 aliphatic rings. The molecule has 0 atom stereocenters. The van der Waals surface area contributed by atoms with Crippen LogP contribution in [0.15, 0.2) is 42.2 Å². The molecule has 1 fully saturated rings. The van der Waals surface area contributed by atoms with Gasteiger partial charge >= 0.3 is 6.03 Å². The third-order valence-corrected chi connectivity index (χ3v) is 8.58. The number of carbonyl (C=O) groups is 1. The molecule has 5 rings (SSSR count). The first kappa shape index (κ1) is 25.5. The molecular formula is C26H34N7O3S+. The number of likely N-dealkylation sites (N-methyl/N-ethyl adjacent to an activating group) is 1. The zero-order valence-electron chi connectivity index (χ0n) is 21.6. The Labute approximate surface area is 218 Å². The van der Waals surface area contributed by atoms with Crippen LogP contribution < -0.4 is 5.32 Å². The van der Waals surface area contributed by atoms with E-state index < -0.39 is 10.0 Å². The molecule has 1 saturated heterocycles. The molecule has 10 nitrogen and oxygen atoms in total. The van der Waals surface area contributed by atoms with Crippen molar-refractivity contribution in [2.45, 2.75) is 32.4 Å². The van der Waals surface area contributed by atoms with Crippen molar-refractivity contribution in [1.82, 2.24) is 24.1 Å². The molecule has 1 aromatic heterocycles. The summed E-state index contributed by atoms with van der Waals surface area (Å²) in [7, 11) is -1.09. The number of hydrogen-bond acceptors (Lipinski definition) is 7. The maximum atomic E-state index is 13.8. The standard InChI is InChI=1S/C26H34N7O3S/c1-19-15-21-16-27-25(28-22-9-11-31(12-10-22)37(3,35)36)29-23(21)17-33(19)26(34)32-14-13-30(2)18-24(32)20-7-5-4-6-8-20/h4-8,15-16,22H,9-14,17-18H2,1-3H3,(H,27,28,29)/q+1. The summed E-state index contributed by atoms with van der Waals surface area (Å²) < 4.78 is 27.0. The highest BCUT2D eigenvalue weighted by atomic mass is 32.2. The fourth-order valence-corrected chi connectivity index (χ4v) is 5.99. The topological polar surface area (TPSA) is 102 Å². The van der Waals surface area contributed by atoms with Gasteiger partial charge < -0.3 is 5.32 Å². The smallest absolute Gasteiger partial charge is 0.351 e. The van der Waals surface area contributed by atoms with E-state index in [0.717, 1.165) is 34.8 Å². The van der Waals surface area contributed by atoms with Gasteiger partial charge in [0.25, 0.3) is 0 Å². The molecule has 0 unspecified atom stereocenters. The van der Waals surface area contributed by atoms with E-state index in [-0.39, 0.29) is 12.1 Å². The van der Waals surface area contributed by atoms with Crippen molar-refractivity contribution in [3.8, 4) is 0 Å². The summed E-state index contributed by atoms with van der Waals surface area (Å²) in [5.74, 6) is 0.507. The fraction of sp³-hybridized carbons (Fsp3) is 0.462. The van der Waals surface area contributed by atoms with E-state index in [4.69, 9.17) is 4.98 Å². The Balaban J connectivity index is 1.34. The number of rotatable bonds is 4. The number of allylic oxidation sites excluding steroid dienone is 1. The van der Waals surface area contributed by atoms with Gasteiger partial charge in [-0.3, -0.25) is 4.90 Å². The lowest BCUT2D eigenvalue weighted by Gasteiger charge is -2.31. The molecule has 0 saturated carbocycles. The molecule has 0 radical (unpaired) electrons. The van der Waals surface area contributed by atoms with Crippen LogP contribution in [0.2, 0.25) is 0 Å². The van der Waals surface area contributed by atoms with Gasteiger partial charge in [-0.2, -0.15) is 14.3 Å². The number of aromatic nitrogens is 2. The van der Waals surface area contributed by atoms with Crippen molar-refractivity contribution in [1.29, 1.82) is 0 Å². The monoisotopic (exact) mass is 524 g/mol. The number of nitrogens with zero attached hydrogens (tertiary/aromatic N) is 6. The highest BCUT2D eigenvalue weighted by molar-refractivity contribution is 7.88. The Hall–Kier alpha value is -3.15. The van der Waals surface area contributed by atoms with E-state index in [1.54, 1.807) is 11.1 Å². The zero-order valence-corrected chi connectivity index (χ0v) is 22.4. The van der Waals surface area contributed by atoms with Gasteiger partial charge in [0.1, 0.15) is 24.5 Å². The Bertz CT molecular complexity index is 1350. The van der Waals surface area contributed by atoms with Crippen LogP contribution in [0.1, 0.15) is 36.6 Å². The van der Waals surface area contributed by atoms with E-state index in [9.17, 15) is 13.2 Å². The molecule has 3 aliphatic heterocycles. The van der Waals surface area contributed by atoms with E-state index in [1.807, 2.05) is 35.8 Å². The van der Waals surface area contributed by atoms with Gasteiger partial charge in [0.05, 0.1) is 18.5 Å². The van der Waals surface area contributed by atoms with Gasteiger partial charge in [-0.15, -0.1) is 0 Å². The molecule has 2 amide bonds. The number of piperidine rings is 1. The number of amides is 2. The summed E-state index contributed by atoms with van der Waals surface area (Å²) >= 11 is 0. The minimum atomic E-state index is -3.17. The maximum absolute atomic E-state index is 13.8. The molecule has 37 heavy (non-hydrogen) atoms. The third kappa shape index (κ3) is 5.58. The van der Waals surface area contributed by atoms with Crippen molar-refractivity contribution in [2.24, 2.45) is 0 Å². The summed E-state index contributed by atoms with van der Waals surface area (Å²) in [6.07, 6.45) is 6.39. The number of anilines is 1. The minimum Gasteiger partial charge on any atom is -0.351 e. The van der Waals surface area contributed by atoms with Gasteiger partial charge in [-0.1, -0.05) is 30.3 Å². The van der Waals surface area contributed by atoms with Crippen LogP contribution in [-0.2, 0) is 16.6 Å². The van der Waals surface area contributed by atoms with E-state index in [1.165, 1.54) is 10.6 Å². The second kappa shape index (κ2) is 10.3. The first-order valence-electron chi connectivity index (χ1n) is 12.6.